The second-order valence-electron chi connectivity index (χ2n) is 12.9. The number of nitrogens with zero attached hydrogens (tertiary/aromatic N) is 1. The summed E-state index contributed by atoms with van der Waals surface area (Å²) in [4.78, 5) is 24.7. The van der Waals surface area contributed by atoms with Crippen molar-refractivity contribution in [1.82, 2.24) is 4.57 Å². The van der Waals surface area contributed by atoms with E-state index in [0.717, 1.165) is 17.7 Å². The molecule has 276 valence electrons. The van der Waals surface area contributed by atoms with Crippen LogP contribution in [0.2, 0.25) is 0 Å². The zero-order chi connectivity index (χ0) is 37.4. The summed E-state index contributed by atoms with van der Waals surface area (Å²) in [6, 6.07) is 21.3. The Labute approximate surface area is 300 Å². The molecule has 4 N–H and O–H groups in total. The Morgan fingerprint density at radius 3 is 2.23 bits per heavy atom. The summed E-state index contributed by atoms with van der Waals surface area (Å²) >= 11 is 0. The topological polar surface area (TPSA) is 157 Å². The Kier molecular flexibility index (Phi) is 10.2. The van der Waals surface area contributed by atoms with E-state index in [4.69, 9.17) is 18.9 Å². The number of esters is 1. The van der Waals surface area contributed by atoms with Gasteiger partial charge in [0, 0.05) is 48.2 Å². The second kappa shape index (κ2) is 15.0. The van der Waals surface area contributed by atoms with E-state index in [0.29, 0.717) is 53.8 Å². The van der Waals surface area contributed by atoms with Crippen LogP contribution < -0.4 is 4.74 Å². The minimum absolute atomic E-state index is 0.0411. The number of carbonyl (C=O) groups is 2. The monoisotopic (exact) mass is 733 g/mol. The first-order valence-electron chi connectivity index (χ1n) is 16.8. The van der Waals surface area contributed by atoms with E-state index in [9.17, 15) is 38.8 Å². The highest BCUT2D eigenvalue weighted by molar-refractivity contribution is 6.04. The predicted molar refractivity (Wildman–Crippen MR) is 182 cm³/mol. The van der Waals surface area contributed by atoms with Crippen molar-refractivity contribution in [2.45, 2.75) is 56.1 Å². The summed E-state index contributed by atoms with van der Waals surface area (Å²) in [6.45, 7) is 0.934. The minimum Gasteiger partial charge on any atom is -0.488 e. The Hall–Kier alpha value is -5.25. The van der Waals surface area contributed by atoms with Gasteiger partial charge in [-0.25, -0.2) is 22.8 Å². The van der Waals surface area contributed by atoms with Crippen molar-refractivity contribution in [2.75, 3.05) is 13.2 Å². The lowest BCUT2D eigenvalue weighted by Crippen LogP contribution is -2.60. The zero-order valence-electron chi connectivity index (χ0n) is 27.9. The molecule has 0 amide bonds. The maximum atomic E-state index is 15.5. The van der Waals surface area contributed by atoms with Gasteiger partial charge >= 0.3 is 11.9 Å². The third-order valence-electron chi connectivity index (χ3n) is 9.49. The molecular weight excluding hydrogens is 699 g/mol. The molecule has 5 atom stereocenters. The first-order valence-corrected chi connectivity index (χ1v) is 16.8. The standard InChI is InChI=1S/C39H34F3NO10/c40-24-16-28-31(29(17-24)51-19-20-4-2-1-3-5-20)30(32(22-12-14-50-15-13-22)43(28)25-10-11-26(41)27(42)18-25)21-6-8-23(9-7-21)38(49)53-39-35(46)33(44)34(45)36(52-39)37(47)48/h1-11,16-18,22,33-36,39,44-46H,12-15,19H2,(H,47,48)/t33-,34-,35+,36-,39?/m0/s1. The Morgan fingerprint density at radius 2 is 1.55 bits per heavy atom. The number of carboxylic acids is 1. The average molecular weight is 734 g/mol. The molecule has 1 unspecified atom stereocenters. The summed E-state index contributed by atoms with van der Waals surface area (Å²) in [5, 5.41) is 40.3. The van der Waals surface area contributed by atoms with E-state index < -0.39 is 60.1 Å². The fourth-order valence-corrected chi connectivity index (χ4v) is 6.86. The molecule has 2 aliphatic heterocycles. The molecule has 0 spiro atoms. The smallest absolute Gasteiger partial charge is 0.340 e. The van der Waals surface area contributed by atoms with Crippen LogP contribution in [-0.4, -0.2) is 80.9 Å². The number of halogens is 3. The van der Waals surface area contributed by atoms with Gasteiger partial charge in [-0.15, -0.1) is 0 Å². The highest BCUT2D eigenvalue weighted by Gasteiger charge is 2.48. The maximum absolute atomic E-state index is 15.5. The number of aliphatic hydroxyl groups excluding tert-OH is 3. The number of carbonyl (C=O) groups excluding carboxylic acids is 1. The summed E-state index contributed by atoms with van der Waals surface area (Å²) in [6.07, 6.45) is -8.64. The van der Waals surface area contributed by atoms with Gasteiger partial charge in [0.1, 0.15) is 36.5 Å². The molecule has 0 aliphatic carbocycles. The largest absolute Gasteiger partial charge is 0.488 e. The van der Waals surface area contributed by atoms with E-state index >= 15 is 4.39 Å². The predicted octanol–water partition coefficient (Wildman–Crippen LogP) is 5.24. The quantitative estimate of drug-likeness (QED) is 0.148. The van der Waals surface area contributed by atoms with Gasteiger partial charge in [0.2, 0.25) is 6.29 Å². The second-order valence-corrected chi connectivity index (χ2v) is 12.9. The van der Waals surface area contributed by atoms with E-state index in [1.807, 2.05) is 30.3 Å². The van der Waals surface area contributed by atoms with Crippen LogP contribution in [0.3, 0.4) is 0 Å². The summed E-state index contributed by atoms with van der Waals surface area (Å²) in [5.41, 5.74) is 3.15. The third-order valence-corrected chi connectivity index (χ3v) is 9.49. The molecule has 0 saturated carbocycles. The molecule has 7 rings (SSSR count). The molecule has 2 aliphatic rings. The Balaban J connectivity index is 1.35. The van der Waals surface area contributed by atoms with Crippen molar-refractivity contribution in [1.29, 1.82) is 0 Å². The normalized spacial score (nSPS) is 22.1. The minimum atomic E-state index is -1.97. The van der Waals surface area contributed by atoms with E-state index in [1.54, 1.807) is 16.7 Å². The summed E-state index contributed by atoms with van der Waals surface area (Å²) in [5.74, 6) is -5.43. The van der Waals surface area contributed by atoms with Crippen LogP contribution in [0.25, 0.3) is 27.7 Å². The van der Waals surface area contributed by atoms with Gasteiger partial charge in [0.05, 0.1) is 16.5 Å². The first kappa shape index (κ1) is 36.1. The molecule has 2 saturated heterocycles. The van der Waals surface area contributed by atoms with Crippen molar-refractivity contribution in [2.24, 2.45) is 0 Å². The molecule has 4 aromatic carbocycles. The number of ether oxygens (including phenoxy) is 4. The molecule has 11 nitrogen and oxygen atoms in total. The number of aliphatic hydroxyl groups is 3. The number of rotatable bonds is 9. The number of aliphatic carboxylic acids is 1. The third kappa shape index (κ3) is 7.11. The number of fused-ring (bicyclic) bond motifs is 1. The van der Waals surface area contributed by atoms with Gasteiger partial charge in [-0.3, -0.25) is 0 Å². The number of benzene rings is 4. The number of hydrogen-bond donors (Lipinski definition) is 4. The van der Waals surface area contributed by atoms with Crippen molar-refractivity contribution >= 4 is 22.8 Å². The highest BCUT2D eigenvalue weighted by atomic mass is 19.2. The van der Waals surface area contributed by atoms with Crippen LogP contribution in [0.15, 0.2) is 84.9 Å². The van der Waals surface area contributed by atoms with E-state index in [2.05, 4.69) is 0 Å². The zero-order valence-corrected chi connectivity index (χ0v) is 27.9. The van der Waals surface area contributed by atoms with Crippen LogP contribution in [0.4, 0.5) is 13.2 Å². The fraction of sp³-hybridized carbons (Fsp3) is 0.282. The average Bonchev–Trinajstić information content (AvgIpc) is 3.50. The summed E-state index contributed by atoms with van der Waals surface area (Å²) < 4.78 is 68.5. The molecule has 53 heavy (non-hydrogen) atoms. The van der Waals surface area contributed by atoms with Gasteiger partial charge in [-0.05, 0) is 54.3 Å². The van der Waals surface area contributed by atoms with Crippen LogP contribution in [0.5, 0.6) is 5.75 Å². The van der Waals surface area contributed by atoms with E-state index in [-0.39, 0.29) is 29.5 Å². The number of aromatic nitrogens is 1. The lowest BCUT2D eigenvalue weighted by atomic mass is 9.89. The Morgan fingerprint density at radius 1 is 0.830 bits per heavy atom. The van der Waals surface area contributed by atoms with Crippen molar-refractivity contribution in [3.05, 3.63) is 119 Å². The van der Waals surface area contributed by atoms with Crippen LogP contribution >= 0.6 is 0 Å². The lowest BCUT2D eigenvalue weighted by molar-refractivity contribution is -0.278. The van der Waals surface area contributed by atoms with Gasteiger partial charge in [0.15, 0.2) is 17.7 Å². The van der Waals surface area contributed by atoms with Crippen LogP contribution in [0.1, 0.15) is 40.4 Å². The van der Waals surface area contributed by atoms with Gasteiger partial charge in [-0.2, -0.15) is 0 Å². The van der Waals surface area contributed by atoms with Crippen molar-refractivity contribution < 1.29 is 62.1 Å². The maximum Gasteiger partial charge on any atom is 0.340 e. The van der Waals surface area contributed by atoms with Gasteiger partial charge in [-0.1, -0.05) is 42.5 Å². The summed E-state index contributed by atoms with van der Waals surface area (Å²) in [7, 11) is 0. The molecule has 1 aromatic heterocycles. The Bertz CT molecular complexity index is 2140. The van der Waals surface area contributed by atoms with Gasteiger partial charge in [0.25, 0.3) is 0 Å². The molecule has 5 aromatic rings. The highest BCUT2D eigenvalue weighted by Crippen LogP contribution is 2.47. The first-order chi connectivity index (χ1) is 25.5. The van der Waals surface area contributed by atoms with Crippen LogP contribution in [-0.2, 0) is 25.6 Å². The van der Waals surface area contributed by atoms with Crippen molar-refractivity contribution in [3.63, 3.8) is 0 Å². The van der Waals surface area contributed by atoms with Crippen molar-refractivity contribution in [3.8, 4) is 22.6 Å². The molecule has 0 radical (unpaired) electrons. The molecule has 3 heterocycles. The molecular formula is C39H34F3NO10. The van der Waals surface area contributed by atoms with E-state index in [1.165, 1.54) is 30.3 Å². The molecule has 2 fully saturated rings. The lowest BCUT2D eigenvalue weighted by Gasteiger charge is -2.37. The molecule has 14 heteroatoms. The van der Waals surface area contributed by atoms with Gasteiger partial charge < -0.3 is 43.9 Å². The number of hydrogen-bond acceptors (Lipinski definition) is 9. The number of carboxylic acid groups (broad SMARTS) is 1. The fourth-order valence-electron chi connectivity index (χ4n) is 6.86. The van der Waals surface area contributed by atoms with Crippen LogP contribution in [0, 0.1) is 17.5 Å². The molecule has 0 bridgehead atoms. The SMILES string of the molecule is O=C(OC1O[C@H](C(=O)O)[C@@H](O)[C@H](O)[C@H]1O)c1ccc(-c2c(C3CCOCC3)n(-c3ccc(F)c(F)c3)c3cc(F)cc(OCc4ccccc4)c23)cc1.